The largest absolute Gasteiger partial charge is 0.503 e. The van der Waals surface area contributed by atoms with Crippen molar-refractivity contribution in [3.63, 3.8) is 0 Å². The van der Waals surface area contributed by atoms with Crippen LogP contribution in [0.5, 0.6) is 0 Å². The Bertz CT molecular complexity index is 387. The zero-order chi connectivity index (χ0) is 23.0. The van der Waals surface area contributed by atoms with Crippen LogP contribution in [0.3, 0.4) is 0 Å². The fourth-order valence-electron chi connectivity index (χ4n) is 1.27. The maximum Gasteiger partial charge on any atom is 0.503 e. The van der Waals surface area contributed by atoms with Crippen molar-refractivity contribution in [2.24, 2.45) is 0 Å². The number of hydrogen-bond donors (Lipinski definition) is 13. The van der Waals surface area contributed by atoms with E-state index in [4.69, 9.17) is 71.2 Å². The van der Waals surface area contributed by atoms with Gasteiger partial charge < -0.3 is 66.4 Å². The Morgan fingerprint density at radius 3 is 1.04 bits per heavy atom. The molecule has 7 atom stereocenters. The molecule has 0 spiro atoms. The van der Waals surface area contributed by atoms with Crippen molar-refractivity contribution in [3.05, 3.63) is 0 Å². The third-order valence-electron chi connectivity index (χ3n) is 2.90. The smallest absolute Gasteiger partial charge is 0.450 e. The monoisotopic (exact) mass is 424 g/mol. The van der Waals surface area contributed by atoms with Crippen molar-refractivity contribution in [3.8, 4) is 0 Å². The van der Waals surface area contributed by atoms with Gasteiger partial charge >= 0.3 is 6.16 Å². The minimum Gasteiger partial charge on any atom is -0.450 e. The van der Waals surface area contributed by atoms with E-state index in [1.165, 1.54) is 0 Å². The number of rotatable bonds is 10. The minimum atomic E-state index is -1.86. The van der Waals surface area contributed by atoms with Crippen LogP contribution in [0.2, 0.25) is 0 Å². The zero-order valence-electron chi connectivity index (χ0n) is 14.5. The SMILES string of the molecule is O=C(CO)[C@H](O)[C@@H](O)[C@H](O)CO.O=C(O)O.OC[C@@H](O)[C@@H](O)[C@H](O)[C@H](O)CO. The number of carboxylic acid groups (broad SMARTS) is 2. The molecule has 0 rings (SSSR count). The first kappa shape index (κ1) is 31.2. The van der Waals surface area contributed by atoms with Gasteiger partial charge in [-0.2, -0.15) is 0 Å². The van der Waals surface area contributed by atoms with Gasteiger partial charge in [0.05, 0.1) is 19.8 Å². The van der Waals surface area contributed by atoms with Gasteiger partial charge in [0.15, 0.2) is 5.78 Å². The molecule has 0 saturated heterocycles. The highest BCUT2D eigenvalue weighted by Gasteiger charge is 2.29. The van der Waals surface area contributed by atoms with Crippen LogP contribution in [0.4, 0.5) is 4.79 Å². The summed E-state index contributed by atoms with van der Waals surface area (Å²) >= 11 is 0. The van der Waals surface area contributed by atoms with Gasteiger partial charge in [0.1, 0.15) is 49.3 Å². The fraction of sp³-hybridized carbons (Fsp3) is 0.846. The number of ketones is 1. The summed E-state index contributed by atoms with van der Waals surface area (Å²) in [5, 5.41) is 109. The molecule has 15 heteroatoms. The number of carbonyl (C=O) groups excluding carboxylic acids is 1. The first-order valence-corrected chi connectivity index (χ1v) is 7.46. The Hall–Kier alpha value is -1.50. The highest BCUT2D eigenvalue weighted by molar-refractivity contribution is 5.84. The molecule has 170 valence electrons. The van der Waals surface area contributed by atoms with Gasteiger partial charge in [-0.1, -0.05) is 0 Å². The van der Waals surface area contributed by atoms with E-state index in [1.807, 2.05) is 0 Å². The van der Waals surface area contributed by atoms with Gasteiger partial charge in [-0.25, -0.2) is 4.79 Å². The molecule has 0 aromatic rings. The van der Waals surface area contributed by atoms with Crippen molar-refractivity contribution >= 4 is 11.9 Å². The lowest BCUT2D eigenvalue weighted by Gasteiger charge is -2.24. The van der Waals surface area contributed by atoms with Crippen molar-refractivity contribution in [1.82, 2.24) is 0 Å². The van der Waals surface area contributed by atoms with E-state index in [2.05, 4.69) is 0 Å². The second-order valence-electron chi connectivity index (χ2n) is 5.07. The number of carbonyl (C=O) groups is 2. The topological polar surface area (TPSA) is 297 Å². The maximum atomic E-state index is 10.5. The molecule has 0 heterocycles. The van der Waals surface area contributed by atoms with Gasteiger partial charge in [-0.05, 0) is 0 Å². The second-order valence-corrected chi connectivity index (χ2v) is 5.07. The van der Waals surface area contributed by atoms with Crippen molar-refractivity contribution < 1.29 is 76.0 Å². The number of aliphatic hydroxyl groups excluding tert-OH is 11. The van der Waals surface area contributed by atoms with Crippen LogP contribution in [0, 0.1) is 0 Å². The molecule has 13 N–H and O–H groups in total. The lowest BCUT2D eigenvalue weighted by Crippen LogP contribution is -2.46. The average molecular weight is 424 g/mol. The Balaban J connectivity index is -0.000000375. The zero-order valence-corrected chi connectivity index (χ0v) is 14.5. The highest BCUT2D eigenvalue weighted by Crippen LogP contribution is 2.04. The van der Waals surface area contributed by atoms with Crippen LogP contribution >= 0.6 is 0 Å². The van der Waals surface area contributed by atoms with E-state index < -0.39 is 81.1 Å². The summed E-state index contributed by atoms with van der Waals surface area (Å²) in [6.45, 7) is -3.14. The molecular formula is C13H28O15. The Morgan fingerprint density at radius 1 is 0.571 bits per heavy atom. The van der Waals surface area contributed by atoms with Crippen LogP contribution in [0.1, 0.15) is 0 Å². The van der Waals surface area contributed by atoms with Gasteiger partial charge in [0.25, 0.3) is 0 Å². The van der Waals surface area contributed by atoms with E-state index in [0.29, 0.717) is 0 Å². The predicted octanol–water partition coefficient (Wildman–Crippen LogP) is -6.74. The number of Topliss-reactive ketones (excluding diaryl/α,β-unsaturated/α-hetero) is 1. The molecule has 15 nitrogen and oxygen atoms in total. The molecule has 0 aliphatic rings. The van der Waals surface area contributed by atoms with Crippen molar-refractivity contribution in [1.29, 1.82) is 0 Å². The first-order valence-electron chi connectivity index (χ1n) is 7.46. The molecule has 0 aromatic heterocycles. The molecule has 0 bridgehead atoms. The number of aliphatic hydroxyl groups is 11. The quantitative estimate of drug-likeness (QED) is 0.155. The number of hydrogen-bond acceptors (Lipinski definition) is 13. The summed E-state index contributed by atoms with van der Waals surface area (Å²) in [5.74, 6) is -1.00. The normalized spacial score (nSPS) is 18.0. The van der Waals surface area contributed by atoms with E-state index >= 15 is 0 Å². The summed E-state index contributed by atoms with van der Waals surface area (Å²) in [7, 11) is 0. The van der Waals surface area contributed by atoms with E-state index in [0.717, 1.165) is 0 Å². The molecule has 28 heavy (non-hydrogen) atoms. The molecule has 0 aromatic carbocycles. The van der Waals surface area contributed by atoms with Crippen molar-refractivity contribution in [2.75, 3.05) is 26.4 Å². The van der Waals surface area contributed by atoms with Gasteiger partial charge in [-0.3, -0.25) is 4.79 Å². The fourth-order valence-corrected chi connectivity index (χ4v) is 1.27. The highest BCUT2D eigenvalue weighted by atomic mass is 16.6. The predicted molar refractivity (Wildman–Crippen MR) is 86.1 cm³/mol. The molecule has 0 radical (unpaired) electrons. The molecule has 0 saturated carbocycles. The first-order chi connectivity index (χ1) is 12.8. The Kier molecular flexibility index (Phi) is 19.6. The minimum absolute atomic E-state index is 0.726. The van der Waals surface area contributed by atoms with Crippen LogP contribution in [0.15, 0.2) is 0 Å². The van der Waals surface area contributed by atoms with Crippen molar-refractivity contribution in [2.45, 2.75) is 42.7 Å². The molecular weight excluding hydrogens is 396 g/mol. The Labute approximate surface area is 158 Å². The van der Waals surface area contributed by atoms with Gasteiger partial charge in [-0.15, -0.1) is 0 Å². The van der Waals surface area contributed by atoms with E-state index in [1.54, 1.807) is 0 Å². The average Bonchev–Trinajstić information content (AvgIpc) is 2.68. The summed E-state index contributed by atoms with van der Waals surface area (Å²) < 4.78 is 0. The van der Waals surface area contributed by atoms with Gasteiger partial charge in [0, 0.05) is 0 Å². The summed E-state index contributed by atoms with van der Waals surface area (Å²) in [4.78, 5) is 19.1. The molecule has 0 unspecified atom stereocenters. The lowest BCUT2D eigenvalue weighted by molar-refractivity contribution is -0.142. The summed E-state index contributed by atoms with van der Waals surface area (Å²) in [6, 6.07) is 0. The summed E-state index contributed by atoms with van der Waals surface area (Å²) in [5.41, 5.74) is 0. The lowest BCUT2D eigenvalue weighted by atomic mass is 10.0. The third kappa shape index (κ3) is 14.5. The molecule has 0 fully saturated rings. The Morgan fingerprint density at radius 2 is 0.821 bits per heavy atom. The maximum absolute atomic E-state index is 10.5. The van der Waals surface area contributed by atoms with Crippen LogP contribution in [0.25, 0.3) is 0 Å². The van der Waals surface area contributed by atoms with Crippen LogP contribution < -0.4 is 0 Å². The van der Waals surface area contributed by atoms with Crippen LogP contribution in [-0.4, -0.2) is 147 Å². The standard InChI is InChI=1S/C6H14O6.C6H12O6.CH2O3/c2*7-1-3(9)5(11)6(12)4(10)2-8;2-1(3)4/h3-12H,1-2H2;3,5-9,11-12H,1-2H2;(H2,2,3,4)/t3-,4-,5-,6-;3-,5+,6+;/m11./s1. The van der Waals surface area contributed by atoms with Gasteiger partial charge in [0.2, 0.25) is 0 Å². The molecule has 0 amide bonds. The molecule has 0 aliphatic heterocycles. The summed E-state index contributed by atoms with van der Waals surface area (Å²) in [6.07, 6.45) is -13.4. The van der Waals surface area contributed by atoms with E-state index in [9.17, 15) is 4.79 Å². The third-order valence-corrected chi connectivity index (χ3v) is 2.90. The van der Waals surface area contributed by atoms with Crippen LogP contribution in [-0.2, 0) is 4.79 Å². The second kappa shape index (κ2) is 17.6. The van der Waals surface area contributed by atoms with E-state index in [-0.39, 0.29) is 0 Å². The molecule has 0 aliphatic carbocycles.